The Morgan fingerprint density at radius 2 is 1.89 bits per heavy atom. The van der Waals surface area contributed by atoms with E-state index in [9.17, 15) is 0 Å². The standard InChI is InChI=1S/C16H18N2S/c1-2-18(11-7-8-11)15-10-9-14(16(17)19)12-5-3-4-6-13(12)15/h3-6,9-11H,2,7-8H2,1H3,(H2,17,19). The van der Waals surface area contributed by atoms with Gasteiger partial charge in [0.25, 0.3) is 0 Å². The molecule has 3 rings (SSSR count). The average Bonchev–Trinajstić information content (AvgIpc) is 3.24. The first-order valence-electron chi connectivity index (χ1n) is 6.80. The molecule has 1 aliphatic carbocycles. The molecule has 0 saturated heterocycles. The number of hydrogen-bond acceptors (Lipinski definition) is 2. The van der Waals surface area contributed by atoms with Crippen molar-refractivity contribution in [3.8, 4) is 0 Å². The Hall–Kier alpha value is -1.61. The summed E-state index contributed by atoms with van der Waals surface area (Å²) in [5.74, 6) is 0. The van der Waals surface area contributed by atoms with E-state index in [0.717, 1.165) is 17.5 Å². The van der Waals surface area contributed by atoms with Gasteiger partial charge < -0.3 is 10.6 Å². The molecular weight excluding hydrogens is 252 g/mol. The lowest BCUT2D eigenvalue weighted by Gasteiger charge is -2.25. The minimum Gasteiger partial charge on any atom is -0.389 e. The maximum absolute atomic E-state index is 5.83. The highest BCUT2D eigenvalue weighted by Crippen LogP contribution is 2.36. The molecule has 0 atom stereocenters. The summed E-state index contributed by atoms with van der Waals surface area (Å²) in [6.07, 6.45) is 2.61. The first kappa shape index (κ1) is 12.4. The number of fused-ring (bicyclic) bond motifs is 1. The van der Waals surface area contributed by atoms with Crippen LogP contribution >= 0.6 is 12.2 Å². The van der Waals surface area contributed by atoms with Crippen molar-refractivity contribution in [2.75, 3.05) is 11.4 Å². The molecule has 19 heavy (non-hydrogen) atoms. The van der Waals surface area contributed by atoms with Gasteiger partial charge in [0.2, 0.25) is 0 Å². The lowest BCUT2D eigenvalue weighted by atomic mass is 10.0. The molecule has 2 aromatic carbocycles. The molecule has 2 N–H and O–H groups in total. The number of hydrogen-bond donors (Lipinski definition) is 1. The van der Waals surface area contributed by atoms with Crippen LogP contribution in [0.5, 0.6) is 0 Å². The van der Waals surface area contributed by atoms with Gasteiger partial charge in [-0.15, -0.1) is 0 Å². The van der Waals surface area contributed by atoms with Crippen LogP contribution in [0.1, 0.15) is 25.3 Å². The van der Waals surface area contributed by atoms with Crippen molar-refractivity contribution in [2.24, 2.45) is 5.73 Å². The first-order valence-corrected chi connectivity index (χ1v) is 7.21. The number of nitrogens with two attached hydrogens (primary N) is 1. The minimum atomic E-state index is 0.470. The van der Waals surface area contributed by atoms with E-state index < -0.39 is 0 Å². The lowest BCUT2D eigenvalue weighted by Crippen LogP contribution is -2.25. The molecule has 1 fully saturated rings. The van der Waals surface area contributed by atoms with Gasteiger partial charge in [0, 0.05) is 29.2 Å². The highest BCUT2D eigenvalue weighted by Gasteiger charge is 2.29. The van der Waals surface area contributed by atoms with E-state index in [-0.39, 0.29) is 0 Å². The number of thiocarbonyl (C=S) groups is 1. The Balaban J connectivity index is 2.21. The van der Waals surface area contributed by atoms with Gasteiger partial charge in [-0.3, -0.25) is 0 Å². The van der Waals surface area contributed by atoms with Crippen LogP contribution in [0.3, 0.4) is 0 Å². The van der Waals surface area contributed by atoms with E-state index in [1.807, 2.05) is 6.07 Å². The van der Waals surface area contributed by atoms with E-state index in [4.69, 9.17) is 18.0 Å². The van der Waals surface area contributed by atoms with Gasteiger partial charge in [-0.25, -0.2) is 0 Å². The van der Waals surface area contributed by atoms with Gasteiger partial charge in [-0.05, 0) is 37.3 Å². The average molecular weight is 270 g/mol. The summed E-state index contributed by atoms with van der Waals surface area (Å²) < 4.78 is 0. The van der Waals surface area contributed by atoms with Crippen LogP contribution < -0.4 is 10.6 Å². The second-order valence-corrected chi connectivity index (χ2v) is 5.50. The Labute approximate surface area is 119 Å². The van der Waals surface area contributed by atoms with Gasteiger partial charge in [-0.2, -0.15) is 0 Å². The zero-order chi connectivity index (χ0) is 13.4. The molecule has 0 aromatic heterocycles. The van der Waals surface area contributed by atoms with Gasteiger partial charge in [0.05, 0.1) is 0 Å². The van der Waals surface area contributed by atoms with E-state index in [0.29, 0.717) is 11.0 Å². The third-order valence-corrected chi connectivity index (χ3v) is 4.02. The number of anilines is 1. The molecule has 0 spiro atoms. The number of rotatable bonds is 4. The number of nitrogens with zero attached hydrogens (tertiary/aromatic N) is 1. The summed E-state index contributed by atoms with van der Waals surface area (Å²) in [4.78, 5) is 2.96. The molecular formula is C16H18N2S. The van der Waals surface area contributed by atoms with Crippen molar-refractivity contribution in [3.05, 3.63) is 42.0 Å². The molecule has 98 valence electrons. The minimum absolute atomic E-state index is 0.470. The summed E-state index contributed by atoms with van der Waals surface area (Å²) in [5, 5.41) is 2.41. The maximum Gasteiger partial charge on any atom is 0.104 e. The first-order chi connectivity index (χ1) is 9.22. The monoisotopic (exact) mass is 270 g/mol. The molecule has 1 aliphatic rings. The van der Waals surface area contributed by atoms with Gasteiger partial charge >= 0.3 is 0 Å². The fraction of sp³-hybridized carbons (Fsp3) is 0.312. The molecule has 3 heteroatoms. The van der Waals surface area contributed by atoms with E-state index in [1.54, 1.807) is 0 Å². The molecule has 1 saturated carbocycles. The molecule has 2 nitrogen and oxygen atoms in total. The highest BCUT2D eigenvalue weighted by molar-refractivity contribution is 7.80. The van der Waals surface area contributed by atoms with Crippen LogP contribution in [-0.2, 0) is 0 Å². The van der Waals surface area contributed by atoms with Crippen molar-refractivity contribution in [3.63, 3.8) is 0 Å². The van der Waals surface area contributed by atoms with Crippen molar-refractivity contribution in [1.82, 2.24) is 0 Å². The summed E-state index contributed by atoms with van der Waals surface area (Å²) in [5.41, 5.74) is 8.11. The van der Waals surface area contributed by atoms with Crippen molar-refractivity contribution in [1.29, 1.82) is 0 Å². The van der Waals surface area contributed by atoms with Crippen LogP contribution in [0, 0.1) is 0 Å². The van der Waals surface area contributed by atoms with Crippen LogP contribution in [0.4, 0.5) is 5.69 Å². The van der Waals surface area contributed by atoms with E-state index >= 15 is 0 Å². The van der Waals surface area contributed by atoms with Gasteiger partial charge in [0.1, 0.15) is 4.99 Å². The second kappa shape index (κ2) is 4.82. The Bertz CT molecular complexity index is 632. The highest BCUT2D eigenvalue weighted by atomic mass is 32.1. The summed E-state index contributed by atoms with van der Waals surface area (Å²) in [7, 11) is 0. The lowest BCUT2D eigenvalue weighted by molar-refractivity contribution is 0.830. The van der Waals surface area contributed by atoms with E-state index in [2.05, 4.69) is 42.2 Å². The fourth-order valence-corrected chi connectivity index (χ4v) is 2.94. The summed E-state index contributed by atoms with van der Waals surface area (Å²) in [6, 6.07) is 13.3. The van der Waals surface area contributed by atoms with E-state index in [1.165, 1.54) is 23.9 Å². The Morgan fingerprint density at radius 3 is 2.47 bits per heavy atom. The topological polar surface area (TPSA) is 29.3 Å². The summed E-state index contributed by atoms with van der Waals surface area (Å²) >= 11 is 5.15. The van der Waals surface area contributed by atoms with Crippen LogP contribution in [0.2, 0.25) is 0 Å². The Kier molecular flexibility index (Phi) is 3.15. The zero-order valence-corrected chi connectivity index (χ0v) is 11.9. The van der Waals surface area contributed by atoms with Gasteiger partial charge in [0.15, 0.2) is 0 Å². The fourth-order valence-electron chi connectivity index (χ4n) is 2.76. The molecule has 2 aromatic rings. The summed E-state index contributed by atoms with van der Waals surface area (Å²) in [6.45, 7) is 3.26. The van der Waals surface area contributed by atoms with Gasteiger partial charge in [-0.1, -0.05) is 36.5 Å². The SMILES string of the molecule is CCN(c1ccc(C(N)=S)c2ccccc12)C1CC1. The predicted octanol–water partition coefficient (Wildman–Crippen LogP) is 3.46. The second-order valence-electron chi connectivity index (χ2n) is 5.06. The molecule has 0 bridgehead atoms. The molecule has 0 heterocycles. The maximum atomic E-state index is 5.83. The van der Waals surface area contributed by atoms with Crippen molar-refractivity contribution < 1.29 is 0 Å². The number of benzene rings is 2. The van der Waals surface area contributed by atoms with Crippen LogP contribution in [0.25, 0.3) is 10.8 Å². The third kappa shape index (κ3) is 2.19. The van der Waals surface area contributed by atoms with Crippen LogP contribution in [0.15, 0.2) is 36.4 Å². The molecule has 0 unspecified atom stereocenters. The molecule has 0 aliphatic heterocycles. The van der Waals surface area contributed by atoms with Crippen molar-refractivity contribution >= 4 is 33.7 Å². The molecule has 0 radical (unpaired) electrons. The molecule has 0 amide bonds. The Morgan fingerprint density at radius 1 is 1.21 bits per heavy atom. The third-order valence-electron chi connectivity index (χ3n) is 3.80. The van der Waals surface area contributed by atoms with Crippen LogP contribution in [-0.4, -0.2) is 17.6 Å². The predicted molar refractivity (Wildman–Crippen MR) is 85.9 cm³/mol. The largest absolute Gasteiger partial charge is 0.389 e. The van der Waals surface area contributed by atoms with Crippen molar-refractivity contribution in [2.45, 2.75) is 25.8 Å². The quantitative estimate of drug-likeness (QED) is 0.863. The zero-order valence-electron chi connectivity index (χ0n) is 11.1. The smallest absolute Gasteiger partial charge is 0.104 e. The normalized spacial score (nSPS) is 14.6.